The van der Waals surface area contributed by atoms with Gasteiger partial charge in [-0.25, -0.2) is 0 Å². The lowest BCUT2D eigenvalue weighted by Gasteiger charge is -2.42. The molecule has 0 spiro atoms. The fraction of sp³-hybridized carbons (Fsp3) is 0.905. The monoisotopic (exact) mass is 384 g/mol. The highest BCUT2D eigenvalue weighted by Crippen LogP contribution is 2.40. The lowest BCUT2D eigenvalue weighted by atomic mass is 10.0. The molecule has 0 aliphatic heterocycles. The van der Waals surface area contributed by atoms with Crippen molar-refractivity contribution in [3.8, 4) is 11.8 Å². The topological polar surface area (TPSA) is 18.5 Å². The van der Waals surface area contributed by atoms with Crippen LogP contribution < -0.4 is 0 Å². The molecule has 0 bridgehead atoms. The molecule has 0 saturated heterocycles. The van der Waals surface area contributed by atoms with Crippen LogP contribution in [0.3, 0.4) is 0 Å². The van der Waals surface area contributed by atoms with Crippen LogP contribution >= 0.6 is 0 Å². The zero-order valence-corrected chi connectivity index (χ0v) is 21.3. The first-order valence-corrected chi connectivity index (χ1v) is 15.5. The molecule has 0 saturated carbocycles. The van der Waals surface area contributed by atoms with E-state index >= 15 is 0 Å². The van der Waals surface area contributed by atoms with Gasteiger partial charge in [0.15, 0.2) is 16.6 Å². The van der Waals surface area contributed by atoms with E-state index in [1.807, 2.05) is 6.92 Å². The van der Waals surface area contributed by atoms with E-state index in [4.69, 9.17) is 8.85 Å². The molecule has 0 radical (unpaired) electrons. The quantitative estimate of drug-likeness (QED) is 0.353. The molecule has 0 N–H and O–H groups in total. The molecule has 0 aliphatic rings. The molecule has 0 fully saturated rings. The van der Waals surface area contributed by atoms with Crippen LogP contribution in [-0.4, -0.2) is 28.8 Å². The average Bonchev–Trinajstić information content (AvgIpc) is 2.34. The Morgan fingerprint density at radius 3 is 1.56 bits per heavy atom. The fourth-order valence-electron chi connectivity index (χ4n) is 2.29. The predicted molar refractivity (Wildman–Crippen MR) is 117 cm³/mol. The molecule has 148 valence electrons. The lowest BCUT2D eigenvalue weighted by Crippen LogP contribution is -2.48. The van der Waals surface area contributed by atoms with Crippen molar-refractivity contribution < 1.29 is 8.85 Å². The first-order chi connectivity index (χ1) is 10.9. The van der Waals surface area contributed by atoms with Crippen molar-refractivity contribution in [1.29, 1.82) is 0 Å². The van der Waals surface area contributed by atoms with E-state index < -0.39 is 16.6 Å². The second kappa shape index (κ2) is 8.73. The van der Waals surface area contributed by atoms with Gasteiger partial charge in [-0.05, 0) is 63.5 Å². The standard InChI is InChI=1S/C21H44O2Si2/c1-14-15-17(2)19(23-25(12,13)21(7,8)9)16-18(3)22-24(10,11)20(4,5)6/h17-19H,16H2,1-13H3/t17-,18-,19-/m1/s1. The summed E-state index contributed by atoms with van der Waals surface area (Å²) in [6.45, 7) is 29.4. The summed E-state index contributed by atoms with van der Waals surface area (Å²) < 4.78 is 13.3. The van der Waals surface area contributed by atoms with Gasteiger partial charge in [-0.1, -0.05) is 47.5 Å². The minimum Gasteiger partial charge on any atom is -0.414 e. The van der Waals surface area contributed by atoms with E-state index in [1.54, 1.807) is 0 Å². The van der Waals surface area contributed by atoms with Crippen molar-refractivity contribution in [3.63, 3.8) is 0 Å². The summed E-state index contributed by atoms with van der Waals surface area (Å²) in [7, 11) is -3.60. The van der Waals surface area contributed by atoms with Crippen molar-refractivity contribution in [2.24, 2.45) is 5.92 Å². The summed E-state index contributed by atoms with van der Waals surface area (Å²) in [5.74, 6) is 6.62. The molecule has 4 heteroatoms. The second-order valence-electron chi connectivity index (χ2n) is 10.5. The fourth-order valence-corrected chi connectivity index (χ4v) is 5.15. The van der Waals surface area contributed by atoms with Gasteiger partial charge in [0.2, 0.25) is 0 Å². The van der Waals surface area contributed by atoms with Crippen molar-refractivity contribution in [1.82, 2.24) is 0 Å². The third-order valence-electron chi connectivity index (χ3n) is 6.05. The van der Waals surface area contributed by atoms with Gasteiger partial charge in [0, 0.05) is 12.0 Å². The van der Waals surface area contributed by atoms with Crippen LogP contribution in [0.5, 0.6) is 0 Å². The third-order valence-corrected chi connectivity index (χ3v) is 15.2. The molecular weight excluding hydrogens is 340 g/mol. The molecule has 0 aromatic heterocycles. The highest BCUT2D eigenvalue weighted by atomic mass is 28.4. The van der Waals surface area contributed by atoms with Crippen LogP contribution in [0, 0.1) is 17.8 Å². The van der Waals surface area contributed by atoms with Crippen LogP contribution in [0.2, 0.25) is 36.3 Å². The summed E-state index contributed by atoms with van der Waals surface area (Å²) in [5.41, 5.74) is 0. The van der Waals surface area contributed by atoms with E-state index in [1.165, 1.54) is 0 Å². The zero-order valence-electron chi connectivity index (χ0n) is 19.3. The summed E-state index contributed by atoms with van der Waals surface area (Å²) in [5, 5.41) is 0.431. The number of hydrogen-bond acceptors (Lipinski definition) is 2. The first-order valence-electron chi connectivity index (χ1n) is 9.72. The summed E-state index contributed by atoms with van der Waals surface area (Å²) >= 11 is 0. The smallest absolute Gasteiger partial charge is 0.192 e. The normalized spacial score (nSPS) is 17.5. The van der Waals surface area contributed by atoms with Gasteiger partial charge in [0.1, 0.15) is 0 Å². The Morgan fingerprint density at radius 1 is 0.800 bits per heavy atom. The van der Waals surface area contributed by atoms with E-state index in [2.05, 4.69) is 93.4 Å². The molecule has 0 heterocycles. The molecule has 0 amide bonds. The van der Waals surface area contributed by atoms with Crippen molar-refractivity contribution in [3.05, 3.63) is 0 Å². The average molecular weight is 385 g/mol. The Bertz CT molecular complexity index is 473. The molecule has 2 nitrogen and oxygen atoms in total. The summed E-state index contributed by atoms with van der Waals surface area (Å²) in [6, 6.07) is 0. The van der Waals surface area contributed by atoms with Crippen molar-refractivity contribution >= 4 is 16.6 Å². The maximum Gasteiger partial charge on any atom is 0.192 e. The molecule has 3 atom stereocenters. The highest BCUT2D eigenvalue weighted by molar-refractivity contribution is 6.74. The van der Waals surface area contributed by atoms with Gasteiger partial charge < -0.3 is 8.85 Å². The molecule has 0 aliphatic carbocycles. The van der Waals surface area contributed by atoms with Crippen LogP contribution in [0.1, 0.15) is 68.7 Å². The number of rotatable bonds is 7. The van der Waals surface area contributed by atoms with E-state index in [0.717, 1.165) is 6.42 Å². The van der Waals surface area contributed by atoms with Crippen LogP contribution in [0.15, 0.2) is 0 Å². The molecule has 25 heavy (non-hydrogen) atoms. The maximum absolute atomic E-state index is 6.76. The third kappa shape index (κ3) is 7.58. The van der Waals surface area contributed by atoms with Gasteiger partial charge in [-0.3, -0.25) is 0 Å². The minimum atomic E-state index is -1.83. The molecule has 0 aromatic carbocycles. The molecular formula is C21H44O2Si2. The van der Waals surface area contributed by atoms with Gasteiger partial charge in [-0.15, -0.1) is 5.92 Å². The largest absolute Gasteiger partial charge is 0.414 e. The van der Waals surface area contributed by atoms with E-state index in [-0.39, 0.29) is 28.2 Å². The van der Waals surface area contributed by atoms with Crippen molar-refractivity contribution in [2.45, 2.75) is 117 Å². The van der Waals surface area contributed by atoms with Gasteiger partial charge >= 0.3 is 0 Å². The van der Waals surface area contributed by atoms with Crippen LogP contribution in [0.25, 0.3) is 0 Å². The molecule has 0 rings (SSSR count). The highest BCUT2D eigenvalue weighted by Gasteiger charge is 2.42. The van der Waals surface area contributed by atoms with Crippen LogP contribution in [0.4, 0.5) is 0 Å². The summed E-state index contributed by atoms with van der Waals surface area (Å²) in [6.07, 6.45) is 1.24. The maximum atomic E-state index is 6.76. The minimum absolute atomic E-state index is 0.133. The van der Waals surface area contributed by atoms with Gasteiger partial charge in [0.25, 0.3) is 0 Å². The Hall–Kier alpha value is -0.0862. The Kier molecular flexibility index (Phi) is 8.70. The van der Waals surface area contributed by atoms with Gasteiger partial charge in [0.05, 0.1) is 6.10 Å². The SMILES string of the molecule is CC#C[C@@H](C)[C@@H](C[C@@H](C)O[Si](C)(C)C(C)(C)C)O[Si](C)(C)C(C)(C)C. The first kappa shape index (κ1) is 24.9. The predicted octanol–water partition coefficient (Wildman–Crippen LogP) is 6.84. The second-order valence-corrected chi connectivity index (χ2v) is 20.0. The molecule has 0 unspecified atom stereocenters. The van der Waals surface area contributed by atoms with E-state index in [9.17, 15) is 0 Å². The Balaban J connectivity index is 5.29. The number of hydrogen-bond donors (Lipinski definition) is 0. The Labute approximate surface area is 160 Å². The zero-order chi connectivity index (χ0) is 20.3. The van der Waals surface area contributed by atoms with Crippen molar-refractivity contribution in [2.75, 3.05) is 0 Å². The Morgan fingerprint density at radius 2 is 1.20 bits per heavy atom. The van der Waals surface area contributed by atoms with Gasteiger partial charge in [-0.2, -0.15) is 0 Å². The molecule has 0 aromatic rings. The lowest BCUT2D eigenvalue weighted by molar-refractivity contribution is 0.0824. The summed E-state index contributed by atoms with van der Waals surface area (Å²) in [4.78, 5) is 0. The van der Waals surface area contributed by atoms with E-state index in [0.29, 0.717) is 0 Å². The van der Waals surface area contributed by atoms with Crippen LogP contribution in [-0.2, 0) is 8.85 Å².